The Hall–Kier alpha value is -2.19. The number of hydrogen-bond acceptors (Lipinski definition) is 4. The molecule has 1 heterocycles. The first-order valence-corrected chi connectivity index (χ1v) is 9.82. The molecule has 0 aromatic heterocycles. The Morgan fingerprint density at radius 2 is 1.86 bits per heavy atom. The minimum atomic E-state index is -4.40. The van der Waals surface area contributed by atoms with Crippen molar-refractivity contribution in [3.63, 3.8) is 0 Å². The molecule has 1 amide bonds. The van der Waals surface area contributed by atoms with Crippen LogP contribution in [-0.4, -0.2) is 29.0 Å². The van der Waals surface area contributed by atoms with E-state index in [2.05, 4.69) is 15.6 Å². The van der Waals surface area contributed by atoms with Crippen LogP contribution in [0.1, 0.15) is 18.0 Å². The first-order chi connectivity index (χ1) is 13.3. The van der Waals surface area contributed by atoms with E-state index in [9.17, 15) is 18.0 Å². The van der Waals surface area contributed by atoms with Gasteiger partial charge in [-0.3, -0.25) is 9.79 Å². The number of nitrogens with zero attached hydrogens (tertiary/aromatic N) is 1. The average Bonchev–Trinajstić information content (AvgIpc) is 2.68. The van der Waals surface area contributed by atoms with E-state index < -0.39 is 18.3 Å². The summed E-state index contributed by atoms with van der Waals surface area (Å²) in [5, 5.41) is 5.73. The molecule has 9 heteroatoms. The summed E-state index contributed by atoms with van der Waals surface area (Å²) < 4.78 is 39.9. The normalized spacial score (nSPS) is 19.5. The molecule has 0 saturated heterocycles. The Balaban J connectivity index is 1.67. The summed E-state index contributed by atoms with van der Waals surface area (Å²) in [6.45, 7) is 0. The molecule has 1 aliphatic rings. The van der Waals surface area contributed by atoms with Crippen LogP contribution in [0.3, 0.4) is 0 Å². The molecule has 4 nitrogen and oxygen atoms in total. The highest BCUT2D eigenvalue weighted by Gasteiger charge is 2.43. The van der Waals surface area contributed by atoms with Crippen molar-refractivity contribution in [2.24, 2.45) is 4.99 Å². The summed E-state index contributed by atoms with van der Waals surface area (Å²) in [6.07, 6.45) is -4.59. The summed E-state index contributed by atoms with van der Waals surface area (Å²) in [4.78, 5) is 16.5. The molecule has 2 aromatic rings. The smallest absolute Gasteiger partial charge is 0.353 e. The van der Waals surface area contributed by atoms with Crippen LogP contribution in [-0.2, 0) is 4.79 Å². The summed E-state index contributed by atoms with van der Waals surface area (Å²) in [5.41, 5.74) is 1.27. The number of amidine groups is 1. The molecule has 2 atom stereocenters. The summed E-state index contributed by atoms with van der Waals surface area (Å²) >= 11 is 6.74. The van der Waals surface area contributed by atoms with Gasteiger partial charge in [-0.25, -0.2) is 0 Å². The highest BCUT2D eigenvalue weighted by atomic mass is 35.5. The van der Waals surface area contributed by atoms with Crippen molar-refractivity contribution < 1.29 is 18.0 Å². The van der Waals surface area contributed by atoms with E-state index in [1.54, 1.807) is 54.6 Å². The van der Waals surface area contributed by atoms with Crippen LogP contribution < -0.4 is 10.6 Å². The van der Waals surface area contributed by atoms with Crippen LogP contribution in [0.5, 0.6) is 0 Å². The van der Waals surface area contributed by atoms with Gasteiger partial charge in [0.2, 0.25) is 5.91 Å². The second-order valence-electron chi connectivity index (χ2n) is 6.18. The molecule has 3 rings (SSSR count). The predicted octanol–water partition coefficient (Wildman–Crippen LogP) is 5.03. The number of rotatable bonds is 4. The van der Waals surface area contributed by atoms with Crippen molar-refractivity contribution in [3.8, 4) is 0 Å². The fourth-order valence-corrected chi connectivity index (χ4v) is 3.60. The van der Waals surface area contributed by atoms with Gasteiger partial charge in [0.1, 0.15) is 6.04 Å². The van der Waals surface area contributed by atoms with Crippen molar-refractivity contribution in [2.75, 3.05) is 11.1 Å². The third-order valence-electron chi connectivity index (χ3n) is 4.08. The van der Waals surface area contributed by atoms with E-state index in [1.807, 2.05) is 0 Å². The lowest BCUT2D eigenvalue weighted by Crippen LogP contribution is -2.48. The molecular formula is C19H17ClF3N3OS. The van der Waals surface area contributed by atoms with Gasteiger partial charge in [0.25, 0.3) is 0 Å². The first-order valence-electron chi connectivity index (χ1n) is 8.45. The topological polar surface area (TPSA) is 53.5 Å². The van der Waals surface area contributed by atoms with E-state index in [1.165, 1.54) is 0 Å². The minimum absolute atomic E-state index is 0.0689. The van der Waals surface area contributed by atoms with Gasteiger partial charge in [-0.05, 0) is 29.8 Å². The van der Waals surface area contributed by atoms with Crippen molar-refractivity contribution in [1.29, 1.82) is 0 Å². The molecule has 0 radical (unpaired) electrons. The highest BCUT2D eigenvalue weighted by Crippen LogP contribution is 2.34. The van der Waals surface area contributed by atoms with Crippen LogP contribution in [0.25, 0.3) is 0 Å². The molecule has 0 aliphatic carbocycles. The Kier molecular flexibility index (Phi) is 6.51. The molecule has 2 aromatic carbocycles. The van der Waals surface area contributed by atoms with Crippen molar-refractivity contribution in [1.82, 2.24) is 5.32 Å². The molecule has 0 fully saturated rings. The van der Waals surface area contributed by atoms with Gasteiger partial charge >= 0.3 is 6.18 Å². The third kappa shape index (κ3) is 5.65. The number of thioether (sulfide) groups is 1. The number of aliphatic imine (C=N–C) groups is 1. The number of benzene rings is 2. The number of carbonyl (C=O) groups is 1. The number of halogens is 4. The predicted molar refractivity (Wildman–Crippen MR) is 107 cm³/mol. The lowest BCUT2D eigenvalue weighted by atomic mass is 9.98. The van der Waals surface area contributed by atoms with Gasteiger partial charge in [-0.2, -0.15) is 13.2 Å². The van der Waals surface area contributed by atoms with E-state index in [0.29, 0.717) is 16.3 Å². The van der Waals surface area contributed by atoms with Crippen LogP contribution in [0.15, 0.2) is 59.6 Å². The zero-order valence-corrected chi connectivity index (χ0v) is 16.1. The second-order valence-corrected chi connectivity index (χ2v) is 7.58. The lowest BCUT2D eigenvalue weighted by molar-refractivity contribution is -0.155. The van der Waals surface area contributed by atoms with Crippen LogP contribution >= 0.6 is 23.4 Å². The maximum absolute atomic E-state index is 13.3. The number of anilines is 1. The zero-order valence-electron chi connectivity index (χ0n) is 14.5. The fraction of sp³-hybridized carbons (Fsp3) is 0.263. The highest BCUT2D eigenvalue weighted by molar-refractivity contribution is 8.14. The molecule has 28 heavy (non-hydrogen) atoms. The van der Waals surface area contributed by atoms with Gasteiger partial charge in [0, 0.05) is 17.1 Å². The zero-order chi connectivity index (χ0) is 20.1. The average molecular weight is 428 g/mol. The maximum Gasteiger partial charge on any atom is 0.408 e. The van der Waals surface area contributed by atoms with Crippen molar-refractivity contribution in [2.45, 2.75) is 24.7 Å². The molecule has 0 spiro atoms. The minimum Gasteiger partial charge on any atom is -0.353 e. The Morgan fingerprint density at radius 1 is 1.18 bits per heavy atom. The van der Waals surface area contributed by atoms with E-state index in [-0.39, 0.29) is 23.2 Å². The monoisotopic (exact) mass is 427 g/mol. The molecule has 2 N–H and O–H groups in total. The van der Waals surface area contributed by atoms with Crippen molar-refractivity contribution >= 4 is 40.1 Å². The van der Waals surface area contributed by atoms with Gasteiger partial charge in [0.15, 0.2) is 5.17 Å². The quantitative estimate of drug-likeness (QED) is 0.719. The van der Waals surface area contributed by atoms with E-state index in [0.717, 1.165) is 11.8 Å². The third-order valence-corrected chi connectivity index (χ3v) is 5.23. The molecule has 148 valence electrons. The second kappa shape index (κ2) is 8.87. The molecule has 0 saturated carbocycles. The molecular weight excluding hydrogens is 411 g/mol. The van der Waals surface area contributed by atoms with Crippen LogP contribution in [0, 0.1) is 0 Å². The molecule has 0 unspecified atom stereocenters. The number of amides is 1. The Morgan fingerprint density at radius 3 is 2.50 bits per heavy atom. The SMILES string of the molecule is O=C(CSC1=N[C@H](c2ccccc2)C[C@H](C(F)(F)F)N1)Nc1ccc(Cl)cc1. The number of carbonyl (C=O) groups excluding carboxylic acids is 1. The largest absolute Gasteiger partial charge is 0.408 e. The summed E-state index contributed by atoms with van der Waals surface area (Å²) in [5.74, 6) is -0.414. The lowest BCUT2D eigenvalue weighted by Gasteiger charge is -2.31. The summed E-state index contributed by atoms with van der Waals surface area (Å²) in [6, 6.07) is 13.1. The Labute approximate surface area is 169 Å². The Bertz CT molecular complexity index is 844. The standard InChI is InChI=1S/C19H17ClF3N3OS/c20-13-6-8-14(9-7-13)24-17(27)11-28-18-25-15(12-4-2-1-3-5-12)10-16(26-18)19(21,22)23/h1-9,15-16H,10-11H2,(H,24,27)(H,25,26)/t15-,16+/m0/s1. The number of nitrogens with one attached hydrogen (secondary N) is 2. The van der Waals surface area contributed by atoms with E-state index >= 15 is 0 Å². The number of hydrogen-bond donors (Lipinski definition) is 2. The molecule has 0 bridgehead atoms. The van der Waals surface area contributed by atoms with E-state index in [4.69, 9.17) is 11.6 Å². The van der Waals surface area contributed by atoms with Crippen LogP contribution in [0.4, 0.5) is 18.9 Å². The molecule has 1 aliphatic heterocycles. The van der Waals surface area contributed by atoms with Crippen LogP contribution in [0.2, 0.25) is 5.02 Å². The summed E-state index contributed by atoms with van der Waals surface area (Å²) in [7, 11) is 0. The number of alkyl halides is 3. The first kappa shape index (κ1) is 20.5. The van der Waals surface area contributed by atoms with Crippen molar-refractivity contribution in [3.05, 3.63) is 65.2 Å². The maximum atomic E-state index is 13.3. The van der Waals surface area contributed by atoms with Gasteiger partial charge in [0.05, 0.1) is 11.8 Å². The van der Waals surface area contributed by atoms with Gasteiger partial charge in [-0.1, -0.05) is 53.7 Å². The fourth-order valence-electron chi connectivity index (χ4n) is 2.71. The van der Waals surface area contributed by atoms with Gasteiger partial charge in [-0.15, -0.1) is 0 Å². The van der Waals surface area contributed by atoms with Gasteiger partial charge < -0.3 is 10.6 Å².